The standard InChI is InChI=1S/C16H19N3O2S/c1-11-9-22-10-14(11)19-16(20)18-13-3-2-8-21-15(13)12-4-6-17-7-5-12/h4-7,9-10,13,15H,2-3,8H2,1H3,(H2,18,19,20)/t13-,15+/m0/s1. The van der Waals surface area contributed by atoms with Crippen molar-refractivity contribution in [3.8, 4) is 0 Å². The molecule has 2 N–H and O–H groups in total. The molecule has 1 fully saturated rings. The number of carbonyl (C=O) groups excluding carboxylic acids is 1. The summed E-state index contributed by atoms with van der Waals surface area (Å²) >= 11 is 1.58. The maximum atomic E-state index is 12.2. The van der Waals surface area contributed by atoms with E-state index in [1.165, 1.54) is 0 Å². The minimum atomic E-state index is -0.184. The zero-order valence-corrected chi connectivity index (χ0v) is 13.2. The Balaban J connectivity index is 1.66. The molecule has 2 atom stereocenters. The molecule has 3 heterocycles. The largest absolute Gasteiger partial charge is 0.371 e. The molecule has 3 rings (SSSR count). The molecule has 5 nitrogen and oxygen atoms in total. The molecule has 1 aliphatic rings. The second-order valence-electron chi connectivity index (χ2n) is 5.39. The summed E-state index contributed by atoms with van der Waals surface area (Å²) in [7, 11) is 0. The van der Waals surface area contributed by atoms with Crippen molar-refractivity contribution in [1.82, 2.24) is 10.3 Å². The third kappa shape index (κ3) is 3.45. The van der Waals surface area contributed by atoms with Crippen LogP contribution in [0, 0.1) is 6.92 Å². The number of nitrogens with one attached hydrogen (secondary N) is 2. The van der Waals surface area contributed by atoms with E-state index in [1.807, 2.05) is 29.8 Å². The number of carbonyl (C=O) groups is 1. The smallest absolute Gasteiger partial charge is 0.319 e. The summed E-state index contributed by atoms with van der Waals surface area (Å²) in [5.41, 5.74) is 2.98. The summed E-state index contributed by atoms with van der Waals surface area (Å²) in [4.78, 5) is 16.3. The van der Waals surface area contributed by atoms with Gasteiger partial charge in [0.2, 0.25) is 0 Å². The van der Waals surface area contributed by atoms with Crippen LogP contribution in [-0.4, -0.2) is 23.7 Å². The van der Waals surface area contributed by atoms with E-state index in [0.29, 0.717) is 0 Å². The number of aryl methyl sites for hydroxylation is 1. The number of hydrogen-bond donors (Lipinski definition) is 2. The number of aromatic nitrogens is 1. The van der Waals surface area contributed by atoms with E-state index < -0.39 is 0 Å². The molecule has 1 aliphatic heterocycles. The van der Waals surface area contributed by atoms with Gasteiger partial charge in [0.15, 0.2) is 0 Å². The first kappa shape index (κ1) is 15.0. The molecule has 0 radical (unpaired) electrons. The van der Waals surface area contributed by atoms with Gasteiger partial charge in [0.1, 0.15) is 6.10 Å². The number of anilines is 1. The van der Waals surface area contributed by atoms with Gasteiger partial charge in [-0.25, -0.2) is 4.79 Å². The van der Waals surface area contributed by atoms with Gasteiger partial charge >= 0.3 is 6.03 Å². The first-order valence-corrected chi connectivity index (χ1v) is 8.30. The van der Waals surface area contributed by atoms with Crippen LogP contribution < -0.4 is 10.6 Å². The Hall–Kier alpha value is -1.92. The van der Waals surface area contributed by atoms with Crippen LogP contribution in [0.3, 0.4) is 0 Å². The number of rotatable bonds is 3. The number of thiophene rings is 1. The Bertz CT molecular complexity index is 629. The topological polar surface area (TPSA) is 63.2 Å². The molecule has 6 heteroatoms. The maximum absolute atomic E-state index is 12.2. The average molecular weight is 317 g/mol. The maximum Gasteiger partial charge on any atom is 0.319 e. The van der Waals surface area contributed by atoms with E-state index >= 15 is 0 Å². The van der Waals surface area contributed by atoms with Gasteiger partial charge in [-0.2, -0.15) is 0 Å². The van der Waals surface area contributed by atoms with Gasteiger partial charge in [0.25, 0.3) is 0 Å². The highest BCUT2D eigenvalue weighted by molar-refractivity contribution is 7.08. The zero-order chi connectivity index (χ0) is 15.4. The van der Waals surface area contributed by atoms with Crippen molar-refractivity contribution in [3.63, 3.8) is 0 Å². The Morgan fingerprint density at radius 2 is 2.18 bits per heavy atom. The van der Waals surface area contributed by atoms with E-state index in [0.717, 1.165) is 36.3 Å². The third-order valence-corrected chi connectivity index (χ3v) is 4.64. The highest BCUT2D eigenvalue weighted by Crippen LogP contribution is 2.28. The number of nitrogens with zero attached hydrogens (tertiary/aromatic N) is 1. The molecule has 0 saturated carbocycles. The van der Waals surface area contributed by atoms with Gasteiger partial charge in [-0.05, 0) is 48.4 Å². The summed E-state index contributed by atoms with van der Waals surface area (Å²) in [6.45, 7) is 2.70. The minimum absolute atomic E-state index is 0.0323. The number of urea groups is 1. The summed E-state index contributed by atoms with van der Waals surface area (Å²) < 4.78 is 5.87. The summed E-state index contributed by atoms with van der Waals surface area (Å²) in [5, 5.41) is 9.89. The lowest BCUT2D eigenvalue weighted by Crippen LogP contribution is -2.44. The summed E-state index contributed by atoms with van der Waals surface area (Å²) in [5.74, 6) is 0. The van der Waals surface area contributed by atoms with Crippen LogP contribution in [0.4, 0.5) is 10.5 Å². The van der Waals surface area contributed by atoms with Crippen molar-refractivity contribution in [1.29, 1.82) is 0 Å². The predicted octanol–water partition coefficient (Wildman–Crippen LogP) is 3.49. The molecule has 0 spiro atoms. The van der Waals surface area contributed by atoms with Crippen LogP contribution in [0.1, 0.15) is 30.1 Å². The summed E-state index contributed by atoms with van der Waals surface area (Å²) in [6, 6.07) is 3.66. The fourth-order valence-electron chi connectivity index (χ4n) is 2.63. The molecule has 2 amide bonds. The molecule has 0 bridgehead atoms. The predicted molar refractivity (Wildman–Crippen MR) is 87.2 cm³/mol. The number of amides is 2. The monoisotopic (exact) mass is 317 g/mol. The van der Waals surface area contributed by atoms with Crippen molar-refractivity contribution >= 4 is 23.1 Å². The van der Waals surface area contributed by atoms with Gasteiger partial charge in [0, 0.05) is 24.4 Å². The lowest BCUT2D eigenvalue weighted by molar-refractivity contribution is -0.00701. The van der Waals surface area contributed by atoms with Gasteiger partial charge in [-0.3, -0.25) is 4.98 Å². The fraction of sp³-hybridized carbons (Fsp3) is 0.375. The number of ether oxygens (including phenoxy) is 1. The normalized spacial score (nSPS) is 21.3. The summed E-state index contributed by atoms with van der Waals surface area (Å²) in [6.07, 6.45) is 5.23. The first-order chi connectivity index (χ1) is 10.7. The molecule has 0 aliphatic carbocycles. The van der Waals surface area contributed by atoms with Gasteiger partial charge < -0.3 is 15.4 Å². The molecule has 1 saturated heterocycles. The molecular weight excluding hydrogens is 298 g/mol. The Morgan fingerprint density at radius 1 is 1.36 bits per heavy atom. The van der Waals surface area contributed by atoms with Crippen molar-refractivity contribution in [3.05, 3.63) is 46.4 Å². The SMILES string of the molecule is Cc1cscc1NC(=O)N[C@H]1CCCO[C@@H]1c1ccncc1. The van der Waals surface area contributed by atoms with Crippen molar-refractivity contribution in [2.75, 3.05) is 11.9 Å². The Kier molecular flexibility index (Phi) is 4.70. The fourth-order valence-corrected chi connectivity index (χ4v) is 3.41. The van der Waals surface area contributed by atoms with Crippen LogP contribution in [0.25, 0.3) is 0 Å². The highest BCUT2D eigenvalue weighted by atomic mass is 32.1. The van der Waals surface area contributed by atoms with Crippen LogP contribution in [0.2, 0.25) is 0 Å². The quantitative estimate of drug-likeness (QED) is 0.911. The lowest BCUT2D eigenvalue weighted by Gasteiger charge is -2.32. The van der Waals surface area contributed by atoms with Crippen LogP contribution in [-0.2, 0) is 4.74 Å². The average Bonchev–Trinajstić information content (AvgIpc) is 2.94. The zero-order valence-electron chi connectivity index (χ0n) is 12.4. The van der Waals surface area contributed by atoms with Crippen molar-refractivity contribution in [2.45, 2.75) is 31.9 Å². The molecule has 2 aromatic heterocycles. The van der Waals surface area contributed by atoms with E-state index in [9.17, 15) is 4.79 Å². The van der Waals surface area contributed by atoms with E-state index in [4.69, 9.17) is 4.74 Å². The Morgan fingerprint density at radius 3 is 2.91 bits per heavy atom. The molecule has 22 heavy (non-hydrogen) atoms. The highest BCUT2D eigenvalue weighted by Gasteiger charge is 2.28. The molecule has 0 unspecified atom stereocenters. The molecule has 2 aromatic rings. The van der Waals surface area contributed by atoms with E-state index in [2.05, 4.69) is 15.6 Å². The lowest BCUT2D eigenvalue weighted by atomic mass is 9.97. The van der Waals surface area contributed by atoms with Gasteiger partial charge in [0.05, 0.1) is 11.7 Å². The van der Waals surface area contributed by atoms with Crippen LogP contribution >= 0.6 is 11.3 Å². The molecular formula is C16H19N3O2S. The second kappa shape index (κ2) is 6.89. The number of pyridine rings is 1. The minimum Gasteiger partial charge on any atom is -0.371 e. The Labute approximate surface area is 133 Å². The van der Waals surface area contributed by atoms with E-state index in [-0.39, 0.29) is 18.2 Å². The van der Waals surface area contributed by atoms with E-state index in [1.54, 1.807) is 23.7 Å². The third-order valence-electron chi connectivity index (χ3n) is 3.78. The second-order valence-corrected chi connectivity index (χ2v) is 6.13. The van der Waals surface area contributed by atoms with Crippen LogP contribution in [0.5, 0.6) is 0 Å². The van der Waals surface area contributed by atoms with Gasteiger partial charge in [-0.15, -0.1) is 11.3 Å². The molecule has 116 valence electrons. The number of hydrogen-bond acceptors (Lipinski definition) is 4. The molecule has 0 aromatic carbocycles. The van der Waals surface area contributed by atoms with Crippen molar-refractivity contribution < 1.29 is 9.53 Å². The first-order valence-electron chi connectivity index (χ1n) is 7.36. The van der Waals surface area contributed by atoms with Crippen LogP contribution in [0.15, 0.2) is 35.3 Å². The van der Waals surface area contributed by atoms with Crippen molar-refractivity contribution in [2.24, 2.45) is 0 Å². The van der Waals surface area contributed by atoms with Gasteiger partial charge in [-0.1, -0.05) is 0 Å².